The van der Waals surface area contributed by atoms with Crippen LogP contribution >= 0.6 is 0 Å². The highest BCUT2D eigenvalue weighted by Crippen LogP contribution is 2.15. The van der Waals surface area contributed by atoms with Gasteiger partial charge >= 0.3 is 5.97 Å². The number of carbonyl (C=O) groups excluding carboxylic acids is 1. The molecule has 0 saturated heterocycles. The van der Waals surface area contributed by atoms with Crippen LogP contribution in [0.4, 0.5) is 0 Å². The Labute approximate surface area is 84.9 Å². The second kappa shape index (κ2) is 4.75. The maximum atomic E-state index is 11.2. The van der Waals surface area contributed by atoms with E-state index in [0.717, 1.165) is 0 Å². The number of aliphatic hydroxyl groups is 2. The molecule has 0 unspecified atom stereocenters. The minimum Gasteiger partial charge on any atom is -0.465 e. The van der Waals surface area contributed by atoms with Gasteiger partial charge in [-0.3, -0.25) is 4.79 Å². The van der Waals surface area contributed by atoms with E-state index in [9.17, 15) is 9.90 Å². The third kappa shape index (κ3) is 6.86. The van der Waals surface area contributed by atoms with Crippen LogP contribution in [0.15, 0.2) is 0 Å². The predicted molar refractivity (Wildman–Crippen MR) is 52.7 cm³/mol. The Bertz CT molecular complexity index is 191. The van der Waals surface area contributed by atoms with Gasteiger partial charge < -0.3 is 14.9 Å². The molecule has 14 heavy (non-hydrogen) atoms. The fourth-order valence-electron chi connectivity index (χ4n) is 0.726. The normalized spacial score (nSPS) is 12.7. The smallest absolute Gasteiger partial charge is 0.308 e. The van der Waals surface area contributed by atoms with E-state index < -0.39 is 17.0 Å². The van der Waals surface area contributed by atoms with Gasteiger partial charge in [-0.2, -0.15) is 0 Å². The van der Waals surface area contributed by atoms with Crippen molar-refractivity contribution >= 4 is 5.97 Å². The van der Waals surface area contributed by atoms with Crippen molar-refractivity contribution in [1.29, 1.82) is 0 Å². The molecule has 0 aromatic heterocycles. The first-order valence-corrected chi connectivity index (χ1v) is 4.65. The third-order valence-electron chi connectivity index (χ3n) is 1.63. The molecule has 4 nitrogen and oxygen atoms in total. The summed E-state index contributed by atoms with van der Waals surface area (Å²) in [6.45, 7) is 6.81. The van der Waals surface area contributed by atoms with Gasteiger partial charge in [-0.05, 0) is 13.8 Å². The first kappa shape index (κ1) is 13.4. The van der Waals surface area contributed by atoms with Gasteiger partial charge in [0.2, 0.25) is 0 Å². The number of hydrogen-bond acceptors (Lipinski definition) is 4. The van der Waals surface area contributed by atoms with Crippen LogP contribution in [-0.2, 0) is 9.53 Å². The lowest BCUT2D eigenvalue weighted by Gasteiger charge is -2.22. The molecule has 4 heteroatoms. The van der Waals surface area contributed by atoms with E-state index in [1.54, 1.807) is 27.7 Å². The second-order valence-corrected chi connectivity index (χ2v) is 4.97. The molecule has 0 aliphatic carbocycles. The molecule has 0 heterocycles. The summed E-state index contributed by atoms with van der Waals surface area (Å²) in [5, 5.41) is 18.2. The second-order valence-electron chi connectivity index (χ2n) is 4.97. The van der Waals surface area contributed by atoms with Crippen molar-refractivity contribution < 1.29 is 19.7 Å². The van der Waals surface area contributed by atoms with Gasteiger partial charge in [0, 0.05) is 5.41 Å². The van der Waals surface area contributed by atoms with E-state index in [1.807, 2.05) is 0 Å². The first-order valence-electron chi connectivity index (χ1n) is 4.65. The Morgan fingerprint density at radius 1 is 1.29 bits per heavy atom. The lowest BCUT2D eigenvalue weighted by atomic mass is 9.96. The Morgan fingerprint density at radius 3 is 2.14 bits per heavy atom. The van der Waals surface area contributed by atoms with Crippen LogP contribution in [0.25, 0.3) is 0 Å². The molecular formula is C10H20O4. The zero-order valence-corrected chi connectivity index (χ0v) is 9.33. The average molecular weight is 204 g/mol. The molecule has 0 aromatic carbocycles. The molecule has 0 fully saturated rings. The molecule has 2 N–H and O–H groups in total. The van der Waals surface area contributed by atoms with Crippen molar-refractivity contribution in [3.05, 3.63) is 0 Å². The van der Waals surface area contributed by atoms with Crippen LogP contribution in [0.5, 0.6) is 0 Å². The largest absolute Gasteiger partial charge is 0.465 e. The molecule has 0 saturated carbocycles. The fourth-order valence-corrected chi connectivity index (χ4v) is 0.726. The maximum absolute atomic E-state index is 11.2. The summed E-state index contributed by atoms with van der Waals surface area (Å²) >= 11 is 0. The van der Waals surface area contributed by atoms with E-state index in [0.29, 0.717) is 0 Å². The first-order chi connectivity index (χ1) is 6.16. The van der Waals surface area contributed by atoms with Crippen LogP contribution in [0.2, 0.25) is 0 Å². The number of ether oxygens (including phenoxy) is 1. The predicted octanol–water partition coefficient (Wildman–Crippen LogP) is 0.709. The van der Waals surface area contributed by atoms with E-state index >= 15 is 0 Å². The highest BCUT2D eigenvalue weighted by molar-refractivity contribution is 5.70. The monoisotopic (exact) mass is 204 g/mol. The van der Waals surface area contributed by atoms with Crippen LogP contribution in [0.1, 0.15) is 34.1 Å². The Kier molecular flexibility index (Phi) is 4.55. The molecule has 0 rings (SSSR count). The zero-order valence-electron chi connectivity index (χ0n) is 9.33. The summed E-state index contributed by atoms with van der Waals surface area (Å²) in [4.78, 5) is 11.2. The Balaban J connectivity index is 3.87. The highest BCUT2D eigenvalue weighted by Gasteiger charge is 2.23. The van der Waals surface area contributed by atoms with E-state index in [1.165, 1.54) is 0 Å². The van der Waals surface area contributed by atoms with Crippen molar-refractivity contribution in [2.45, 2.75) is 39.7 Å². The molecule has 84 valence electrons. The SMILES string of the molecule is CC(C)(O)CC(=O)OCC(C)(C)CO. The number of esters is 1. The van der Waals surface area contributed by atoms with E-state index in [-0.39, 0.29) is 19.6 Å². The summed E-state index contributed by atoms with van der Waals surface area (Å²) in [6, 6.07) is 0. The average Bonchev–Trinajstić information content (AvgIpc) is 1.98. The summed E-state index contributed by atoms with van der Waals surface area (Å²) < 4.78 is 4.91. The lowest BCUT2D eigenvalue weighted by Crippen LogP contribution is -2.29. The molecule has 0 radical (unpaired) electrons. The van der Waals surface area contributed by atoms with Crippen molar-refractivity contribution in [1.82, 2.24) is 0 Å². The van der Waals surface area contributed by atoms with Crippen LogP contribution in [0.3, 0.4) is 0 Å². The van der Waals surface area contributed by atoms with E-state index in [2.05, 4.69) is 0 Å². The molecule has 0 bridgehead atoms. The molecular weight excluding hydrogens is 184 g/mol. The van der Waals surface area contributed by atoms with Crippen LogP contribution < -0.4 is 0 Å². The molecule has 0 aliphatic heterocycles. The molecule has 0 amide bonds. The summed E-state index contributed by atoms with van der Waals surface area (Å²) in [5.74, 6) is -0.445. The summed E-state index contributed by atoms with van der Waals surface area (Å²) in [6.07, 6.45) is -0.0332. The van der Waals surface area contributed by atoms with Gasteiger partial charge in [0.25, 0.3) is 0 Å². The van der Waals surface area contributed by atoms with Crippen LogP contribution in [0, 0.1) is 5.41 Å². The van der Waals surface area contributed by atoms with Gasteiger partial charge in [0.1, 0.15) is 0 Å². The number of rotatable bonds is 5. The highest BCUT2D eigenvalue weighted by atomic mass is 16.5. The van der Waals surface area contributed by atoms with E-state index in [4.69, 9.17) is 9.84 Å². The van der Waals surface area contributed by atoms with Gasteiger partial charge in [-0.1, -0.05) is 13.8 Å². The maximum Gasteiger partial charge on any atom is 0.308 e. The molecule has 0 aromatic rings. The summed E-state index contributed by atoms with van der Waals surface area (Å²) in [5.41, 5.74) is -1.46. The van der Waals surface area contributed by atoms with Gasteiger partial charge in [-0.15, -0.1) is 0 Å². The standard InChI is InChI=1S/C10H20O4/c1-9(2,6-11)7-14-8(12)5-10(3,4)13/h11,13H,5-7H2,1-4H3. The quantitative estimate of drug-likeness (QED) is 0.647. The third-order valence-corrected chi connectivity index (χ3v) is 1.63. The van der Waals surface area contributed by atoms with Crippen LogP contribution in [-0.4, -0.2) is 35.0 Å². The van der Waals surface area contributed by atoms with Gasteiger partial charge in [-0.25, -0.2) is 0 Å². The molecule has 0 spiro atoms. The minimum absolute atomic E-state index is 0.0332. The summed E-state index contributed by atoms with van der Waals surface area (Å²) in [7, 11) is 0. The zero-order chi connectivity index (χ0) is 11.4. The Hall–Kier alpha value is -0.610. The van der Waals surface area contributed by atoms with Crippen molar-refractivity contribution in [2.24, 2.45) is 5.41 Å². The minimum atomic E-state index is -1.04. The lowest BCUT2D eigenvalue weighted by molar-refractivity contribution is -0.151. The topological polar surface area (TPSA) is 66.8 Å². The number of hydrogen-bond donors (Lipinski definition) is 2. The number of aliphatic hydroxyl groups excluding tert-OH is 1. The van der Waals surface area contributed by atoms with Gasteiger partial charge in [0.05, 0.1) is 25.2 Å². The Morgan fingerprint density at radius 2 is 1.79 bits per heavy atom. The van der Waals surface area contributed by atoms with Crippen molar-refractivity contribution in [3.8, 4) is 0 Å². The molecule has 0 atom stereocenters. The fraction of sp³-hybridized carbons (Fsp3) is 0.900. The number of carbonyl (C=O) groups is 1. The van der Waals surface area contributed by atoms with Gasteiger partial charge in [0.15, 0.2) is 0 Å². The van der Waals surface area contributed by atoms with Crippen molar-refractivity contribution in [3.63, 3.8) is 0 Å². The van der Waals surface area contributed by atoms with Crippen molar-refractivity contribution in [2.75, 3.05) is 13.2 Å². The molecule has 0 aliphatic rings.